The zero-order valence-electron chi connectivity index (χ0n) is 23.9. The van der Waals surface area contributed by atoms with Crippen molar-refractivity contribution in [1.82, 2.24) is 30.4 Å². The maximum absolute atomic E-state index is 14.0. The molecule has 0 spiro atoms. The lowest BCUT2D eigenvalue weighted by Crippen LogP contribution is -2.38. The molecular formula is C28H32F8N6O2. The highest BCUT2D eigenvalue weighted by atomic mass is 19.4. The lowest BCUT2D eigenvalue weighted by molar-refractivity contribution is -0.144. The number of H-pyrrole nitrogens is 1. The number of amides is 2. The average Bonchev–Trinajstić information content (AvgIpc) is 3.51. The molecule has 1 fully saturated rings. The maximum atomic E-state index is 14.0. The van der Waals surface area contributed by atoms with Crippen LogP contribution >= 0.6 is 0 Å². The number of fused-ring (bicyclic) bond motifs is 1. The number of carbonyl (C=O) groups is 2. The molecule has 2 amide bonds. The first-order chi connectivity index (χ1) is 20.4. The third kappa shape index (κ3) is 8.68. The van der Waals surface area contributed by atoms with Gasteiger partial charge in [-0.3, -0.25) is 14.3 Å². The standard InChI is InChI=1S/C28H32F8N6O2/c1-15(38-22(43)8-12-28(34,35)36)17-3-4-19-20(13-17)40-24(39-19)23(16-5-9-26(29,30)10-6-16)41-25(44)18-14-37-42(2)21(18)7-11-27(31,32)33/h3-4,13-16,23H,5-12H2,1-2H3,(H,38,43)(H,39,40)(H,41,44)/t15-,23+/m1/s1. The Morgan fingerprint density at radius 2 is 1.73 bits per heavy atom. The summed E-state index contributed by atoms with van der Waals surface area (Å²) in [5.41, 5.74) is 1.44. The second-order valence-electron chi connectivity index (χ2n) is 11.2. The van der Waals surface area contributed by atoms with Gasteiger partial charge in [-0.05, 0) is 49.8 Å². The molecule has 0 unspecified atom stereocenters. The number of aromatic amines is 1. The number of alkyl halides is 8. The van der Waals surface area contributed by atoms with E-state index in [9.17, 15) is 44.7 Å². The first kappa shape index (κ1) is 33.2. The van der Waals surface area contributed by atoms with Gasteiger partial charge in [0.05, 0.1) is 47.0 Å². The lowest BCUT2D eigenvalue weighted by Gasteiger charge is -2.33. The van der Waals surface area contributed by atoms with E-state index in [4.69, 9.17) is 0 Å². The summed E-state index contributed by atoms with van der Waals surface area (Å²) < 4.78 is 105. The van der Waals surface area contributed by atoms with E-state index in [1.807, 2.05) is 0 Å². The summed E-state index contributed by atoms with van der Waals surface area (Å²) in [5.74, 6) is -4.59. The molecule has 0 radical (unpaired) electrons. The molecule has 1 saturated carbocycles. The van der Waals surface area contributed by atoms with Crippen LogP contribution in [0.2, 0.25) is 0 Å². The van der Waals surface area contributed by atoms with Crippen molar-refractivity contribution in [3.05, 3.63) is 47.0 Å². The molecule has 0 bridgehead atoms. The zero-order valence-corrected chi connectivity index (χ0v) is 23.9. The number of nitrogens with one attached hydrogen (secondary N) is 3. The average molecular weight is 637 g/mol. The number of aromatic nitrogens is 4. The quantitative estimate of drug-likeness (QED) is 0.218. The van der Waals surface area contributed by atoms with Crippen LogP contribution in [0.3, 0.4) is 0 Å². The van der Waals surface area contributed by atoms with Crippen molar-refractivity contribution in [3.63, 3.8) is 0 Å². The Morgan fingerprint density at radius 1 is 1.07 bits per heavy atom. The van der Waals surface area contributed by atoms with E-state index in [0.717, 1.165) is 6.20 Å². The Bertz CT molecular complexity index is 1470. The van der Waals surface area contributed by atoms with Gasteiger partial charge in [0.2, 0.25) is 11.8 Å². The second kappa shape index (κ2) is 12.7. The van der Waals surface area contributed by atoms with Crippen molar-refractivity contribution in [1.29, 1.82) is 0 Å². The molecule has 2 heterocycles. The summed E-state index contributed by atoms with van der Waals surface area (Å²) in [5, 5.41) is 9.24. The molecule has 4 rings (SSSR count). The van der Waals surface area contributed by atoms with E-state index in [1.54, 1.807) is 25.1 Å². The smallest absolute Gasteiger partial charge is 0.350 e. The van der Waals surface area contributed by atoms with Gasteiger partial charge in [0.1, 0.15) is 5.82 Å². The summed E-state index contributed by atoms with van der Waals surface area (Å²) in [6.07, 6.45) is -12.1. The number of carbonyl (C=O) groups excluding carboxylic acids is 2. The van der Waals surface area contributed by atoms with E-state index < -0.39 is 86.6 Å². The van der Waals surface area contributed by atoms with E-state index in [1.165, 1.54) is 11.7 Å². The number of hydrogen-bond donors (Lipinski definition) is 3. The topological polar surface area (TPSA) is 105 Å². The monoisotopic (exact) mass is 636 g/mol. The largest absolute Gasteiger partial charge is 0.389 e. The van der Waals surface area contributed by atoms with E-state index in [-0.39, 0.29) is 29.9 Å². The van der Waals surface area contributed by atoms with Gasteiger partial charge in [0, 0.05) is 32.7 Å². The molecule has 3 N–H and O–H groups in total. The fraction of sp³-hybridized carbons (Fsp3) is 0.571. The van der Waals surface area contributed by atoms with Gasteiger partial charge in [-0.2, -0.15) is 31.4 Å². The van der Waals surface area contributed by atoms with Gasteiger partial charge < -0.3 is 15.6 Å². The predicted molar refractivity (Wildman–Crippen MR) is 143 cm³/mol. The second-order valence-corrected chi connectivity index (χ2v) is 11.2. The number of benzene rings is 1. The number of halogens is 8. The Hall–Kier alpha value is -3.72. The van der Waals surface area contributed by atoms with Gasteiger partial charge in [0.25, 0.3) is 5.91 Å². The molecule has 2 atom stereocenters. The highest BCUT2D eigenvalue weighted by molar-refractivity contribution is 5.95. The van der Waals surface area contributed by atoms with Crippen molar-refractivity contribution in [2.45, 2.75) is 88.6 Å². The van der Waals surface area contributed by atoms with Crippen LogP contribution in [0.15, 0.2) is 24.4 Å². The third-order valence-electron chi connectivity index (χ3n) is 7.80. The van der Waals surface area contributed by atoms with Gasteiger partial charge in [-0.15, -0.1) is 0 Å². The fourth-order valence-electron chi connectivity index (χ4n) is 5.35. The van der Waals surface area contributed by atoms with Crippen molar-refractivity contribution in [3.8, 4) is 0 Å². The first-order valence-electron chi connectivity index (χ1n) is 14.0. The van der Waals surface area contributed by atoms with Crippen LogP contribution in [0.1, 0.15) is 91.4 Å². The summed E-state index contributed by atoms with van der Waals surface area (Å²) in [6.45, 7) is 1.60. The molecule has 0 saturated heterocycles. The molecular weight excluding hydrogens is 604 g/mol. The summed E-state index contributed by atoms with van der Waals surface area (Å²) in [7, 11) is 1.42. The SMILES string of the molecule is C[C@@H](NC(=O)CCC(F)(F)F)c1ccc2nc([C@@H](NC(=O)c3cnn(C)c3CCC(F)(F)F)C3CCC(F)(F)CC3)[nH]c2c1. The van der Waals surface area contributed by atoms with E-state index >= 15 is 0 Å². The third-order valence-corrected chi connectivity index (χ3v) is 7.80. The van der Waals surface area contributed by atoms with Crippen molar-refractivity contribution >= 4 is 22.8 Å². The number of nitrogens with zero attached hydrogens (tertiary/aromatic N) is 3. The van der Waals surface area contributed by atoms with E-state index in [0.29, 0.717) is 16.6 Å². The van der Waals surface area contributed by atoms with Gasteiger partial charge in [0.15, 0.2) is 0 Å². The zero-order chi connectivity index (χ0) is 32.4. The number of hydrogen-bond acceptors (Lipinski definition) is 4. The number of imidazole rings is 1. The Labute approximate surface area is 247 Å². The summed E-state index contributed by atoms with van der Waals surface area (Å²) >= 11 is 0. The highest BCUT2D eigenvalue weighted by Crippen LogP contribution is 2.41. The molecule has 44 heavy (non-hydrogen) atoms. The van der Waals surface area contributed by atoms with Crippen molar-refractivity contribution in [2.24, 2.45) is 13.0 Å². The molecule has 1 aliphatic carbocycles. The van der Waals surface area contributed by atoms with E-state index in [2.05, 4.69) is 25.7 Å². The minimum Gasteiger partial charge on any atom is -0.350 e. The van der Waals surface area contributed by atoms with Gasteiger partial charge >= 0.3 is 12.4 Å². The lowest BCUT2D eigenvalue weighted by atomic mass is 9.81. The van der Waals surface area contributed by atoms with Crippen LogP contribution in [0, 0.1) is 5.92 Å². The van der Waals surface area contributed by atoms with Crippen molar-refractivity contribution < 1.29 is 44.7 Å². The summed E-state index contributed by atoms with van der Waals surface area (Å²) in [6, 6.07) is 3.31. The van der Waals surface area contributed by atoms with Gasteiger partial charge in [-0.25, -0.2) is 13.8 Å². The number of aryl methyl sites for hydroxylation is 1. The fourth-order valence-corrected chi connectivity index (χ4v) is 5.35. The summed E-state index contributed by atoms with van der Waals surface area (Å²) in [4.78, 5) is 33.0. The molecule has 2 aromatic heterocycles. The minimum atomic E-state index is -4.46. The minimum absolute atomic E-state index is 0.0508. The Balaban J connectivity index is 1.58. The van der Waals surface area contributed by atoms with Crippen LogP contribution in [0.25, 0.3) is 11.0 Å². The molecule has 16 heteroatoms. The van der Waals surface area contributed by atoms with Crippen LogP contribution in [0.4, 0.5) is 35.1 Å². The highest BCUT2D eigenvalue weighted by Gasteiger charge is 2.40. The molecule has 8 nitrogen and oxygen atoms in total. The van der Waals surface area contributed by atoms with Crippen LogP contribution in [-0.4, -0.2) is 49.8 Å². The van der Waals surface area contributed by atoms with Crippen molar-refractivity contribution in [2.75, 3.05) is 0 Å². The predicted octanol–water partition coefficient (Wildman–Crippen LogP) is 6.61. The number of rotatable bonds is 10. The molecule has 0 aliphatic heterocycles. The molecule has 242 valence electrons. The van der Waals surface area contributed by atoms with Crippen LogP contribution in [0.5, 0.6) is 0 Å². The van der Waals surface area contributed by atoms with Gasteiger partial charge in [-0.1, -0.05) is 6.07 Å². The molecule has 1 aliphatic rings. The van der Waals surface area contributed by atoms with Crippen LogP contribution < -0.4 is 10.6 Å². The Kier molecular flexibility index (Phi) is 9.59. The maximum Gasteiger partial charge on any atom is 0.389 e. The molecule has 1 aromatic carbocycles. The normalized spacial score (nSPS) is 17.4. The molecule has 3 aromatic rings. The first-order valence-corrected chi connectivity index (χ1v) is 14.0. The van der Waals surface area contributed by atoms with Crippen LogP contribution in [-0.2, 0) is 18.3 Å². The Morgan fingerprint density at radius 3 is 2.36 bits per heavy atom.